The quantitative estimate of drug-likeness (QED) is 0.599. The number of anilines is 2. The number of hydrogen-bond donors (Lipinski definition) is 4. The summed E-state index contributed by atoms with van der Waals surface area (Å²) in [5.74, 6) is -0.507. The van der Waals surface area contributed by atoms with Crippen molar-refractivity contribution in [3.05, 3.63) is 22.7 Å². The van der Waals surface area contributed by atoms with Crippen molar-refractivity contribution in [2.75, 3.05) is 17.6 Å². The topological polar surface area (TPSA) is 104 Å². The standard InChI is InChI=1S/C12H17N3O3/c1-2-3-7(16)6-14-9-5-10-11(4-8(9)13)18-12(17)15-10/h4-5,7,14,16H,2-3,6,13H2,1H3,(H,15,17). The van der Waals surface area contributed by atoms with E-state index >= 15 is 0 Å². The molecule has 0 radical (unpaired) electrons. The van der Waals surface area contributed by atoms with Gasteiger partial charge in [0.2, 0.25) is 0 Å². The van der Waals surface area contributed by atoms with Gasteiger partial charge in [0.15, 0.2) is 5.58 Å². The molecule has 0 saturated carbocycles. The molecular formula is C12H17N3O3. The summed E-state index contributed by atoms with van der Waals surface area (Å²) < 4.78 is 4.90. The van der Waals surface area contributed by atoms with E-state index in [2.05, 4.69) is 10.3 Å². The predicted molar refractivity (Wildman–Crippen MR) is 70.7 cm³/mol. The summed E-state index contributed by atoms with van der Waals surface area (Å²) in [5.41, 5.74) is 8.00. The minimum absolute atomic E-state index is 0.409. The number of aliphatic hydroxyl groups excluding tert-OH is 1. The average molecular weight is 251 g/mol. The maximum atomic E-state index is 11.0. The number of rotatable bonds is 5. The van der Waals surface area contributed by atoms with Crippen LogP contribution in [0.15, 0.2) is 21.3 Å². The lowest BCUT2D eigenvalue weighted by Gasteiger charge is -2.13. The number of oxazole rings is 1. The van der Waals surface area contributed by atoms with Crippen LogP contribution in [0.1, 0.15) is 19.8 Å². The first-order chi connectivity index (χ1) is 8.60. The van der Waals surface area contributed by atoms with Gasteiger partial charge in [0.05, 0.1) is 23.0 Å². The van der Waals surface area contributed by atoms with Gasteiger partial charge < -0.3 is 20.6 Å². The van der Waals surface area contributed by atoms with Crippen LogP contribution in [-0.2, 0) is 0 Å². The molecule has 2 rings (SSSR count). The van der Waals surface area contributed by atoms with Crippen molar-refractivity contribution in [2.45, 2.75) is 25.9 Å². The third kappa shape index (κ3) is 2.65. The van der Waals surface area contributed by atoms with E-state index in [1.807, 2.05) is 6.92 Å². The third-order valence-corrected chi connectivity index (χ3v) is 2.74. The molecule has 1 unspecified atom stereocenters. The summed E-state index contributed by atoms with van der Waals surface area (Å²) in [6, 6.07) is 3.29. The fraction of sp³-hybridized carbons (Fsp3) is 0.417. The van der Waals surface area contributed by atoms with Gasteiger partial charge in [-0.25, -0.2) is 4.79 Å². The lowest BCUT2D eigenvalue weighted by molar-refractivity contribution is 0.176. The molecule has 0 saturated heterocycles. The second-order valence-corrected chi connectivity index (χ2v) is 4.27. The molecule has 1 atom stereocenters. The van der Waals surface area contributed by atoms with Gasteiger partial charge in [-0.15, -0.1) is 0 Å². The number of nitrogens with one attached hydrogen (secondary N) is 2. The number of aromatic amines is 1. The Morgan fingerprint density at radius 1 is 1.56 bits per heavy atom. The van der Waals surface area contributed by atoms with E-state index in [0.29, 0.717) is 29.0 Å². The number of aromatic nitrogens is 1. The molecule has 2 aromatic rings. The fourth-order valence-electron chi connectivity index (χ4n) is 1.83. The first-order valence-corrected chi connectivity index (χ1v) is 5.94. The highest BCUT2D eigenvalue weighted by molar-refractivity contribution is 5.85. The van der Waals surface area contributed by atoms with Crippen LogP contribution in [0.4, 0.5) is 11.4 Å². The molecule has 0 bridgehead atoms. The van der Waals surface area contributed by atoms with Crippen LogP contribution < -0.4 is 16.8 Å². The summed E-state index contributed by atoms with van der Waals surface area (Å²) in [4.78, 5) is 13.6. The van der Waals surface area contributed by atoms with E-state index in [0.717, 1.165) is 12.8 Å². The van der Waals surface area contributed by atoms with Crippen molar-refractivity contribution in [2.24, 2.45) is 0 Å². The molecular weight excluding hydrogens is 234 g/mol. The Labute approximate surface area is 104 Å². The Morgan fingerprint density at radius 2 is 2.33 bits per heavy atom. The second kappa shape index (κ2) is 5.14. The molecule has 5 N–H and O–H groups in total. The smallest absolute Gasteiger partial charge is 0.408 e. The van der Waals surface area contributed by atoms with Gasteiger partial charge in [-0.05, 0) is 12.5 Å². The molecule has 18 heavy (non-hydrogen) atoms. The Bertz CT molecular complexity index is 588. The molecule has 0 aliphatic heterocycles. The van der Waals surface area contributed by atoms with Crippen LogP contribution in [0.2, 0.25) is 0 Å². The molecule has 1 heterocycles. The summed E-state index contributed by atoms with van der Waals surface area (Å²) in [6.07, 6.45) is 1.25. The van der Waals surface area contributed by atoms with E-state index in [4.69, 9.17) is 10.2 Å². The highest BCUT2D eigenvalue weighted by Gasteiger charge is 2.08. The summed E-state index contributed by atoms with van der Waals surface area (Å²) in [7, 11) is 0. The molecule has 0 spiro atoms. The van der Waals surface area contributed by atoms with Crippen LogP contribution >= 0.6 is 0 Å². The van der Waals surface area contributed by atoms with Crippen molar-refractivity contribution in [3.63, 3.8) is 0 Å². The highest BCUT2D eigenvalue weighted by atomic mass is 16.4. The molecule has 0 aliphatic carbocycles. The van der Waals surface area contributed by atoms with Gasteiger partial charge in [-0.3, -0.25) is 4.98 Å². The molecule has 98 valence electrons. The Hall–Kier alpha value is -1.95. The van der Waals surface area contributed by atoms with Crippen molar-refractivity contribution >= 4 is 22.5 Å². The molecule has 0 fully saturated rings. The van der Waals surface area contributed by atoms with Gasteiger partial charge in [-0.1, -0.05) is 13.3 Å². The molecule has 0 aliphatic rings. The SMILES string of the molecule is CCCC(O)CNc1cc2[nH]c(=O)oc2cc1N. The van der Waals surface area contributed by atoms with Crippen molar-refractivity contribution < 1.29 is 9.52 Å². The van der Waals surface area contributed by atoms with E-state index < -0.39 is 11.9 Å². The molecule has 1 aromatic heterocycles. The fourth-order valence-corrected chi connectivity index (χ4v) is 1.83. The maximum absolute atomic E-state index is 11.0. The minimum atomic E-state index is -0.507. The average Bonchev–Trinajstić information content (AvgIpc) is 2.65. The number of hydrogen-bond acceptors (Lipinski definition) is 5. The third-order valence-electron chi connectivity index (χ3n) is 2.74. The lowest BCUT2D eigenvalue weighted by Crippen LogP contribution is -2.19. The van der Waals surface area contributed by atoms with E-state index in [1.165, 1.54) is 0 Å². The van der Waals surface area contributed by atoms with Crippen molar-refractivity contribution in [1.82, 2.24) is 4.98 Å². The summed E-state index contributed by atoms with van der Waals surface area (Å²) in [6.45, 7) is 2.44. The zero-order valence-electron chi connectivity index (χ0n) is 10.2. The number of nitrogen functional groups attached to an aromatic ring is 1. The monoisotopic (exact) mass is 251 g/mol. The van der Waals surface area contributed by atoms with Crippen LogP contribution in [0.3, 0.4) is 0 Å². The van der Waals surface area contributed by atoms with Crippen LogP contribution in [0.5, 0.6) is 0 Å². The van der Waals surface area contributed by atoms with Gasteiger partial charge in [-0.2, -0.15) is 0 Å². The molecule has 0 amide bonds. The minimum Gasteiger partial charge on any atom is -0.408 e. The molecule has 6 nitrogen and oxygen atoms in total. The van der Waals surface area contributed by atoms with Crippen LogP contribution in [-0.4, -0.2) is 22.7 Å². The number of benzene rings is 1. The van der Waals surface area contributed by atoms with Crippen LogP contribution in [0, 0.1) is 0 Å². The lowest BCUT2D eigenvalue weighted by atomic mass is 10.2. The highest BCUT2D eigenvalue weighted by Crippen LogP contribution is 2.24. The number of aliphatic hydroxyl groups is 1. The summed E-state index contributed by atoms with van der Waals surface area (Å²) >= 11 is 0. The van der Waals surface area contributed by atoms with Gasteiger partial charge >= 0.3 is 5.76 Å². The van der Waals surface area contributed by atoms with Crippen molar-refractivity contribution in [3.8, 4) is 0 Å². The summed E-state index contributed by atoms with van der Waals surface area (Å²) in [5, 5.41) is 12.7. The number of nitrogens with two attached hydrogens (primary N) is 1. The maximum Gasteiger partial charge on any atom is 0.417 e. The van der Waals surface area contributed by atoms with Gasteiger partial charge in [0, 0.05) is 12.6 Å². The Balaban J connectivity index is 2.17. The second-order valence-electron chi connectivity index (χ2n) is 4.27. The zero-order valence-corrected chi connectivity index (χ0v) is 10.2. The molecule has 1 aromatic carbocycles. The number of fused-ring (bicyclic) bond motifs is 1. The van der Waals surface area contributed by atoms with E-state index in [-0.39, 0.29) is 0 Å². The first-order valence-electron chi connectivity index (χ1n) is 5.94. The predicted octanol–water partition coefficient (Wildman–Crippen LogP) is 1.28. The van der Waals surface area contributed by atoms with Crippen molar-refractivity contribution in [1.29, 1.82) is 0 Å². The van der Waals surface area contributed by atoms with Crippen LogP contribution in [0.25, 0.3) is 11.1 Å². The number of H-pyrrole nitrogens is 1. The molecule has 6 heteroatoms. The van der Waals surface area contributed by atoms with E-state index in [9.17, 15) is 9.90 Å². The Morgan fingerprint density at radius 3 is 3.06 bits per heavy atom. The normalized spacial score (nSPS) is 12.8. The van der Waals surface area contributed by atoms with Gasteiger partial charge in [0.1, 0.15) is 0 Å². The zero-order chi connectivity index (χ0) is 13.1. The largest absolute Gasteiger partial charge is 0.417 e. The first kappa shape index (κ1) is 12.5. The van der Waals surface area contributed by atoms with E-state index in [1.54, 1.807) is 12.1 Å². The van der Waals surface area contributed by atoms with Gasteiger partial charge in [0.25, 0.3) is 0 Å². The Kier molecular flexibility index (Phi) is 3.57.